The Balaban J connectivity index is 1.89. The number of hydrogen-bond donors (Lipinski definition) is 1. The molecule has 0 aliphatic heterocycles. The number of ether oxygens (including phenoxy) is 1. The molecule has 2 rings (SSSR count). The van der Waals surface area contributed by atoms with Gasteiger partial charge in [-0.1, -0.05) is 47.3 Å². The van der Waals surface area contributed by atoms with E-state index >= 15 is 0 Å². The molecule has 1 fully saturated rings. The highest BCUT2D eigenvalue weighted by Gasteiger charge is 2.14. The van der Waals surface area contributed by atoms with Crippen molar-refractivity contribution < 1.29 is 4.74 Å². The normalized spacial score (nSPS) is 17.3. The molecular weight excluding hydrogens is 278 g/mol. The van der Waals surface area contributed by atoms with Gasteiger partial charge in [-0.2, -0.15) is 0 Å². The number of nitrogens with two attached hydrogens (primary N) is 1. The summed E-state index contributed by atoms with van der Waals surface area (Å²) in [5.74, 6) is 0. The minimum Gasteiger partial charge on any atom is -0.374 e. The zero-order valence-electron chi connectivity index (χ0n) is 10.1. The van der Waals surface area contributed by atoms with Gasteiger partial charge < -0.3 is 10.5 Å². The molecule has 0 aromatic heterocycles. The smallest absolute Gasteiger partial charge is 0.0731 e. The third-order valence-corrected chi connectivity index (χ3v) is 4.12. The first-order valence-corrected chi connectivity index (χ1v) is 7.18. The lowest BCUT2D eigenvalue weighted by molar-refractivity contribution is 0.0166. The van der Waals surface area contributed by atoms with Gasteiger partial charge in [0.1, 0.15) is 0 Å². The molecule has 0 bridgehead atoms. The first-order valence-electron chi connectivity index (χ1n) is 6.38. The van der Waals surface area contributed by atoms with E-state index in [4.69, 9.17) is 10.5 Å². The number of hydrogen-bond acceptors (Lipinski definition) is 2. The van der Waals surface area contributed by atoms with Gasteiger partial charge in [0.2, 0.25) is 0 Å². The van der Waals surface area contributed by atoms with Crippen molar-refractivity contribution >= 4 is 15.9 Å². The van der Waals surface area contributed by atoms with Crippen molar-refractivity contribution in [3.63, 3.8) is 0 Å². The molecule has 0 radical (unpaired) electrons. The van der Waals surface area contributed by atoms with Crippen LogP contribution in [-0.4, -0.2) is 6.10 Å². The van der Waals surface area contributed by atoms with E-state index in [1.165, 1.54) is 37.7 Å². The van der Waals surface area contributed by atoms with Crippen LogP contribution in [0.25, 0.3) is 0 Å². The average molecular weight is 298 g/mol. The van der Waals surface area contributed by atoms with E-state index in [-0.39, 0.29) is 0 Å². The van der Waals surface area contributed by atoms with Crippen LogP contribution in [0.5, 0.6) is 0 Å². The van der Waals surface area contributed by atoms with Crippen LogP contribution in [0.3, 0.4) is 0 Å². The summed E-state index contributed by atoms with van der Waals surface area (Å²) in [7, 11) is 0. The monoisotopic (exact) mass is 297 g/mol. The SMILES string of the molecule is NCc1ccc(COC2CCCCC2)c(Br)c1. The standard InChI is InChI=1S/C14H20BrNO/c15-14-8-11(9-16)6-7-12(14)10-17-13-4-2-1-3-5-13/h6-8,13H,1-5,9-10,16H2. The van der Waals surface area contributed by atoms with Crippen LogP contribution in [-0.2, 0) is 17.9 Å². The Morgan fingerprint density at radius 3 is 2.65 bits per heavy atom. The Hall–Kier alpha value is -0.380. The van der Waals surface area contributed by atoms with E-state index in [2.05, 4.69) is 34.1 Å². The molecule has 0 spiro atoms. The third-order valence-electron chi connectivity index (χ3n) is 3.38. The molecule has 0 amide bonds. The summed E-state index contributed by atoms with van der Waals surface area (Å²) in [6.45, 7) is 1.29. The van der Waals surface area contributed by atoms with E-state index in [0.717, 1.165) is 10.0 Å². The van der Waals surface area contributed by atoms with Gasteiger partial charge in [-0.3, -0.25) is 0 Å². The van der Waals surface area contributed by atoms with Crippen molar-refractivity contribution in [1.82, 2.24) is 0 Å². The van der Waals surface area contributed by atoms with Crippen LogP contribution in [0.1, 0.15) is 43.2 Å². The Labute approximate surface area is 112 Å². The van der Waals surface area contributed by atoms with Crippen LogP contribution in [0.4, 0.5) is 0 Å². The van der Waals surface area contributed by atoms with Crippen LogP contribution in [0, 0.1) is 0 Å². The second-order valence-electron chi connectivity index (χ2n) is 4.70. The molecule has 3 heteroatoms. The molecule has 17 heavy (non-hydrogen) atoms. The molecule has 2 N–H and O–H groups in total. The van der Waals surface area contributed by atoms with E-state index in [9.17, 15) is 0 Å². The van der Waals surface area contributed by atoms with Crippen molar-refractivity contribution in [2.75, 3.05) is 0 Å². The lowest BCUT2D eigenvalue weighted by atomic mass is 9.98. The highest BCUT2D eigenvalue weighted by molar-refractivity contribution is 9.10. The van der Waals surface area contributed by atoms with Gasteiger partial charge in [0.15, 0.2) is 0 Å². The third kappa shape index (κ3) is 3.80. The lowest BCUT2D eigenvalue weighted by Crippen LogP contribution is -2.16. The number of benzene rings is 1. The predicted octanol–water partition coefficient (Wildman–Crippen LogP) is 3.76. The van der Waals surface area contributed by atoms with E-state index in [0.29, 0.717) is 19.3 Å². The summed E-state index contributed by atoms with van der Waals surface area (Å²) < 4.78 is 7.07. The molecule has 1 saturated carbocycles. The minimum absolute atomic E-state index is 0.463. The Kier molecular flexibility index (Phi) is 5.01. The maximum Gasteiger partial charge on any atom is 0.0731 e. The molecular formula is C14H20BrNO. The summed E-state index contributed by atoms with van der Waals surface area (Å²) in [5.41, 5.74) is 7.97. The number of rotatable bonds is 4. The largest absolute Gasteiger partial charge is 0.374 e. The summed E-state index contributed by atoms with van der Waals surface area (Å²) in [6, 6.07) is 6.26. The van der Waals surface area contributed by atoms with E-state index < -0.39 is 0 Å². The molecule has 1 aromatic carbocycles. The summed E-state index contributed by atoms with van der Waals surface area (Å²) in [5, 5.41) is 0. The minimum atomic E-state index is 0.463. The second-order valence-corrected chi connectivity index (χ2v) is 5.56. The highest BCUT2D eigenvalue weighted by Crippen LogP contribution is 2.24. The van der Waals surface area contributed by atoms with Crippen LogP contribution in [0.2, 0.25) is 0 Å². The Morgan fingerprint density at radius 2 is 2.00 bits per heavy atom. The molecule has 0 saturated heterocycles. The van der Waals surface area contributed by atoms with Crippen molar-refractivity contribution in [3.8, 4) is 0 Å². The first-order chi connectivity index (χ1) is 8.29. The maximum atomic E-state index is 5.96. The number of halogens is 1. The quantitative estimate of drug-likeness (QED) is 0.918. The van der Waals surface area contributed by atoms with Crippen LogP contribution < -0.4 is 5.73 Å². The fourth-order valence-corrected chi connectivity index (χ4v) is 2.81. The van der Waals surface area contributed by atoms with Crippen molar-refractivity contribution in [2.24, 2.45) is 5.73 Å². The Bertz CT molecular complexity index is 361. The lowest BCUT2D eigenvalue weighted by Gasteiger charge is -2.22. The zero-order valence-corrected chi connectivity index (χ0v) is 11.7. The predicted molar refractivity (Wildman–Crippen MR) is 73.7 cm³/mol. The van der Waals surface area contributed by atoms with Crippen molar-refractivity contribution in [2.45, 2.75) is 51.4 Å². The Morgan fingerprint density at radius 1 is 1.24 bits per heavy atom. The van der Waals surface area contributed by atoms with E-state index in [1.807, 2.05) is 0 Å². The average Bonchev–Trinajstić information content (AvgIpc) is 2.38. The van der Waals surface area contributed by atoms with Gasteiger partial charge >= 0.3 is 0 Å². The van der Waals surface area contributed by atoms with Crippen LogP contribution in [0.15, 0.2) is 22.7 Å². The molecule has 1 aliphatic carbocycles. The van der Waals surface area contributed by atoms with Gasteiger partial charge in [0.25, 0.3) is 0 Å². The van der Waals surface area contributed by atoms with Crippen LogP contribution >= 0.6 is 15.9 Å². The first kappa shape index (κ1) is 13.1. The molecule has 1 aromatic rings. The molecule has 1 aliphatic rings. The summed E-state index contributed by atoms with van der Waals surface area (Å²) in [4.78, 5) is 0. The van der Waals surface area contributed by atoms with Gasteiger partial charge in [0.05, 0.1) is 12.7 Å². The second kappa shape index (κ2) is 6.53. The topological polar surface area (TPSA) is 35.2 Å². The van der Waals surface area contributed by atoms with Crippen molar-refractivity contribution in [3.05, 3.63) is 33.8 Å². The maximum absolute atomic E-state index is 5.96. The molecule has 0 unspecified atom stereocenters. The summed E-state index contributed by atoms with van der Waals surface area (Å²) in [6.07, 6.45) is 6.91. The summed E-state index contributed by atoms with van der Waals surface area (Å²) >= 11 is 3.58. The molecule has 0 heterocycles. The van der Waals surface area contributed by atoms with Gasteiger partial charge in [-0.25, -0.2) is 0 Å². The molecule has 0 atom stereocenters. The fraction of sp³-hybridized carbons (Fsp3) is 0.571. The van der Waals surface area contributed by atoms with E-state index in [1.54, 1.807) is 0 Å². The molecule has 94 valence electrons. The van der Waals surface area contributed by atoms with Gasteiger partial charge in [0, 0.05) is 11.0 Å². The fourth-order valence-electron chi connectivity index (χ4n) is 2.27. The highest BCUT2D eigenvalue weighted by atomic mass is 79.9. The zero-order chi connectivity index (χ0) is 12.1. The van der Waals surface area contributed by atoms with Gasteiger partial charge in [-0.05, 0) is 30.0 Å². The van der Waals surface area contributed by atoms with Crippen molar-refractivity contribution in [1.29, 1.82) is 0 Å². The van der Waals surface area contributed by atoms with Gasteiger partial charge in [-0.15, -0.1) is 0 Å². The molecule has 2 nitrogen and oxygen atoms in total.